The van der Waals surface area contributed by atoms with E-state index in [1.807, 2.05) is 35.3 Å². The van der Waals surface area contributed by atoms with Crippen molar-refractivity contribution in [3.05, 3.63) is 212 Å². The number of benzene rings is 8. The third-order valence-electron chi connectivity index (χ3n) is 11.7. The standard InChI is InChI=1S/C27H17N3O.C24H14BrNO.C3H4N2/c1-3-7-24-20(5-1)21-6-2-4-8-25(21)30(24)19-10-12-27-23(16-19)22-15-18(9-11-26(22)31-27)29-14-13-28-17-29;25-15-9-11-23-19(13-15)20-14-16(10-12-24(20)27-23)26-21-7-3-1-5-17(21)18-6-2-4-8-22(18)26;1-2-5-3-4-1/h1-17H;1-14H;1-3H,(H,4,5). The van der Waals surface area contributed by atoms with Crippen molar-refractivity contribution in [2.24, 2.45) is 0 Å². The Kier molecular flexibility index (Phi) is 8.79. The van der Waals surface area contributed by atoms with Gasteiger partial charge in [0.25, 0.3) is 0 Å². The second kappa shape index (κ2) is 15.1. The molecule has 0 aliphatic heterocycles. The van der Waals surface area contributed by atoms with Gasteiger partial charge in [0, 0.05) is 89.4 Å². The van der Waals surface area contributed by atoms with Gasteiger partial charge < -0.3 is 27.5 Å². The molecule has 0 saturated carbocycles. The normalized spacial score (nSPS) is 11.6. The molecule has 14 rings (SSSR count). The molecule has 0 saturated heterocycles. The molecule has 8 aromatic carbocycles. The molecule has 1 N–H and O–H groups in total. The van der Waals surface area contributed by atoms with Crippen molar-refractivity contribution in [3.8, 4) is 17.1 Å². The number of furan rings is 2. The quantitative estimate of drug-likeness (QED) is 0.192. The number of rotatable bonds is 3. The van der Waals surface area contributed by atoms with Crippen molar-refractivity contribution in [2.75, 3.05) is 0 Å². The molecule has 63 heavy (non-hydrogen) atoms. The van der Waals surface area contributed by atoms with Crippen LogP contribution in [0.1, 0.15) is 0 Å². The van der Waals surface area contributed by atoms with Crippen LogP contribution in [0.2, 0.25) is 0 Å². The van der Waals surface area contributed by atoms with Crippen molar-refractivity contribution in [2.45, 2.75) is 0 Å². The van der Waals surface area contributed by atoms with Gasteiger partial charge in [-0.2, -0.15) is 0 Å². The molecule has 8 nitrogen and oxygen atoms in total. The van der Waals surface area contributed by atoms with Gasteiger partial charge in [-0.25, -0.2) is 9.97 Å². The summed E-state index contributed by atoms with van der Waals surface area (Å²) in [7, 11) is 0. The lowest BCUT2D eigenvalue weighted by Gasteiger charge is -2.08. The topological polar surface area (TPSA) is 82.6 Å². The lowest BCUT2D eigenvalue weighted by molar-refractivity contribution is 0.668. The number of aromatic amines is 1. The van der Waals surface area contributed by atoms with Crippen LogP contribution in [0.25, 0.3) is 105 Å². The van der Waals surface area contributed by atoms with Gasteiger partial charge in [-0.15, -0.1) is 0 Å². The Labute approximate surface area is 368 Å². The number of nitrogens with one attached hydrogen (secondary N) is 1. The van der Waals surface area contributed by atoms with Crippen LogP contribution in [0.3, 0.4) is 0 Å². The Morgan fingerprint density at radius 3 is 1.25 bits per heavy atom. The maximum Gasteiger partial charge on any atom is 0.135 e. The Morgan fingerprint density at radius 1 is 0.413 bits per heavy atom. The van der Waals surface area contributed by atoms with Gasteiger partial charge in [0.1, 0.15) is 22.3 Å². The summed E-state index contributed by atoms with van der Waals surface area (Å²) < 4.78 is 19.9. The molecule has 0 atom stereocenters. The van der Waals surface area contributed by atoms with E-state index in [1.54, 1.807) is 24.9 Å². The van der Waals surface area contributed by atoms with Gasteiger partial charge in [0.2, 0.25) is 0 Å². The maximum absolute atomic E-state index is 6.14. The van der Waals surface area contributed by atoms with Crippen molar-refractivity contribution in [1.29, 1.82) is 0 Å². The number of hydrogen-bond donors (Lipinski definition) is 1. The summed E-state index contributed by atoms with van der Waals surface area (Å²) in [5.41, 5.74) is 11.8. The minimum Gasteiger partial charge on any atom is -0.456 e. The minimum atomic E-state index is 0.887. The van der Waals surface area contributed by atoms with Gasteiger partial charge in [-0.3, -0.25) is 0 Å². The van der Waals surface area contributed by atoms with Gasteiger partial charge in [-0.1, -0.05) is 88.7 Å². The van der Waals surface area contributed by atoms with Crippen LogP contribution in [-0.2, 0) is 0 Å². The van der Waals surface area contributed by atoms with Gasteiger partial charge in [-0.05, 0) is 97.1 Å². The molecule has 0 bridgehead atoms. The lowest BCUT2D eigenvalue weighted by Crippen LogP contribution is -1.93. The van der Waals surface area contributed by atoms with E-state index in [0.29, 0.717) is 0 Å². The SMILES string of the molecule is Brc1ccc2oc3ccc(-n4c5ccccc5c5ccccc54)cc3c2c1.c1c[nH]cn1.c1ccc2c(c1)c1ccccc1n2-c1ccc2oc3ccc(-n4ccnc4)cc3c2c1. The number of imidazole rings is 2. The van der Waals surface area contributed by atoms with E-state index in [2.05, 4.69) is 192 Å². The third kappa shape index (κ3) is 6.28. The zero-order valence-corrected chi connectivity index (χ0v) is 35.1. The molecule has 0 radical (unpaired) electrons. The number of aromatic nitrogens is 6. The highest BCUT2D eigenvalue weighted by molar-refractivity contribution is 9.10. The second-order valence-electron chi connectivity index (χ2n) is 15.4. The molecule has 0 fully saturated rings. The van der Waals surface area contributed by atoms with Crippen LogP contribution in [0.5, 0.6) is 0 Å². The van der Waals surface area contributed by atoms with Gasteiger partial charge in [0.15, 0.2) is 0 Å². The van der Waals surface area contributed by atoms with Crippen molar-refractivity contribution < 1.29 is 8.83 Å². The minimum absolute atomic E-state index is 0.887. The molecule has 6 aromatic heterocycles. The first-order valence-corrected chi connectivity index (χ1v) is 21.4. The lowest BCUT2D eigenvalue weighted by atomic mass is 10.1. The monoisotopic (exact) mass is 878 g/mol. The molecule has 300 valence electrons. The maximum atomic E-state index is 6.14. The number of para-hydroxylation sites is 4. The van der Waals surface area contributed by atoms with Crippen LogP contribution in [-0.4, -0.2) is 28.7 Å². The van der Waals surface area contributed by atoms with E-state index in [-0.39, 0.29) is 0 Å². The van der Waals surface area contributed by atoms with E-state index in [1.165, 1.54) is 43.6 Å². The van der Waals surface area contributed by atoms with Crippen LogP contribution < -0.4 is 0 Å². The summed E-state index contributed by atoms with van der Waals surface area (Å²) >= 11 is 3.58. The Morgan fingerprint density at radius 2 is 0.841 bits per heavy atom. The summed E-state index contributed by atoms with van der Waals surface area (Å²) in [4.78, 5) is 10.6. The highest BCUT2D eigenvalue weighted by Crippen LogP contribution is 2.38. The Balaban J connectivity index is 0.000000121. The molecule has 9 heteroatoms. The smallest absolute Gasteiger partial charge is 0.135 e. The predicted molar refractivity (Wildman–Crippen MR) is 260 cm³/mol. The summed E-state index contributed by atoms with van der Waals surface area (Å²) in [6.07, 6.45) is 10.6. The molecule has 0 unspecified atom stereocenters. The summed E-state index contributed by atoms with van der Waals surface area (Å²) in [5, 5.41) is 9.53. The average molecular weight is 880 g/mol. The number of fused-ring (bicyclic) bond motifs is 12. The molecule has 6 heterocycles. The van der Waals surface area contributed by atoms with E-state index in [0.717, 1.165) is 65.4 Å². The number of H-pyrrole nitrogens is 1. The Bertz CT molecular complexity index is 3820. The van der Waals surface area contributed by atoms with Gasteiger partial charge >= 0.3 is 0 Å². The van der Waals surface area contributed by atoms with Crippen molar-refractivity contribution in [3.63, 3.8) is 0 Å². The number of nitrogens with zero attached hydrogens (tertiary/aromatic N) is 5. The zero-order valence-electron chi connectivity index (χ0n) is 33.6. The van der Waals surface area contributed by atoms with Crippen molar-refractivity contribution in [1.82, 2.24) is 28.7 Å². The molecule has 0 spiro atoms. The summed E-state index contributed by atoms with van der Waals surface area (Å²) in [6.45, 7) is 0. The van der Waals surface area contributed by atoms with Crippen LogP contribution in [0, 0.1) is 0 Å². The highest BCUT2D eigenvalue weighted by Gasteiger charge is 2.16. The molecule has 14 aromatic rings. The second-order valence-corrected chi connectivity index (χ2v) is 16.3. The number of halogens is 1. The first-order valence-electron chi connectivity index (χ1n) is 20.6. The van der Waals surface area contributed by atoms with E-state index < -0.39 is 0 Å². The molecule has 0 amide bonds. The first kappa shape index (κ1) is 36.7. The fraction of sp³-hybridized carbons (Fsp3) is 0. The molecule has 0 aliphatic rings. The molecular formula is C54H35BrN6O2. The largest absolute Gasteiger partial charge is 0.456 e. The zero-order chi connectivity index (χ0) is 41.9. The summed E-state index contributed by atoms with van der Waals surface area (Å²) in [6, 6.07) is 59.6. The average Bonchev–Trinajstić information content (AvgIpc) is 4.21. The first-order chi connectivity index (χ1) is 31.2. The fourth-order valence-corrected chi connectivity index (χ4v) is 9.32. The summed E-state index contributed by atoms with van der Waals surface area (Å²) in [5.74, 6) is 0. The van der Waals surface area contributed by atoms with Gasteiger partial charge in [0.05, 0.1) is 34.7 Å². The molecule has 0 aliphatic carbocycles. The highest BCUT2D eigenvalue weighted by atomic mass is 79.9. The third-order valence-corrected chi connectivity index (χ3v) is 12.2. The number of hydrogen-bond acceptors (Lipinski definition) is 4. The van der Waals surface area contributed by atoms with E-state index in [9.17, 15) is 0 Å². The van der Waals surface area contributed by atoms with Crippen LogP contribution in [0.15, 0.2) is 221 Å². The predicted octanol–water partition coefficient (Wildman–Crippen LogP) is 14.7. The van der Waals surface area contributed by atoms with Crippen LogP contribution in [0.4, 0.5) is 0 Å². The van der Waals surface area contributed by atoms with Crippen LogP contribution >= 0.6 is 15.9 Å². The molecular weight excluding hydrogens is 845 g/mol. The van der Waals surface area contributed by atoms with E-state index >= 15 is 0 Å². The fourth-order valence-electron chi connectivity index (χ4n) is 8.96. The Hall–Kier alpha value is -8.14. The van der Waals surface area contributed by atoms with E-state index in [4.69, 9.17) is 8.83 Å². The van der Waals surface area contributed by atoms with Crippen molar-refractivity contribution >= 4 is 103 Å².